The number of nitrogens with one attached hydrogen (secondary N) is 2. The minimum Gasteiger partial charge on any atom is -0.467 e. The van der Waals surface area contributed by atoms with Crippen molar-refractivity contribution in [2.75, 3.05) is 6.54 Å². The van der Waals surface area contributed by atoms with Crippen LogP contribution in [0.5, 0.6) is 0 Å². The average molecular weight is 270 g/mol. The highest BCUT2D eigenvalue weighted by Crippen LogP contribution is 2.17. The Morgan fingerprint density at radius 1 is 1.35 bits per heavy atom. The number of amides is 1. The maximum Gasteiger partial charge on any atom is 0.251 e. The van der Waals surface area contributed by atoms with Gasteiger partial charge in [0.1, 0.15) is 5.76 Å². The molecule has 20 heavy (non-hydrogen) atoms. The van der Waals surface area contributed by atoms with Gasteiger partial charge in [0.25, 0.3) is 5.91 Å². The minimum absolute atomic E-state index is 0.0673. The van der Waals surface area contributed by atoms with Crippen LogP contribution in [0.3, 0.4) is 0 Å². The van der Waals surface area contributed by atoms with Gasteiger partial charge in [-0.1, -0.05) is 6.07 Å². The Bertz CT molecular complexity index is 605. The quantitative estimate of drug-likeness (QED) is 0.900. The molecular formula is C16H18N2O2. The van der Waals surface area contributed by atoms with Gasteiger partial charge in [0.05, 0.1) is 12.3 Å². The topological polar surface area (TPSA) is 54.3 Å². The Labute approximate surface area is 118 Å². The number of benzene rings is 1. The fourth-order valence-corrected chi connectivity index (χ4v) is 2.51. The summed E-state index contributed by atoms with van der Waals surface area (Å²) >= 11 is 0. The van der Waals surface area contributed by atoms with Gasteiger partial charge in [0.15, 0.2) is 0 Å². The van der Waals surface area contributed by atoms with Crippen LogP contribution in [0.4, 0.5) is 0 Å². The average Bonchev–Trinajstić information content (AvgIpc) is 3.01. The molecule has 1 aliphatic rings. The summed E-state index contributed by atoms with van der Waals surface area (Å²) in [5.41, 5.74) is 3.25. The summed E-state index contributed by atoms with van der Waals surface area (Å²) in [7, 11) is 0. The molecule has 104 valence electrons. The number of rotatable bonds is 3. The molecule has 1 aromatic heterocycles. The van der Waals surface area contributed by atoms with Gasteiger partial charge >= 0.3 is 0 Å². The van der Waals surface area contributed by atoms with Crippen molar-refractivity contribution in [1.82, 2.24) is 10.6 Å². The second-order valence-electron chi connectivity index (χ2n) is 5.12. The molecule has 1 unspecified atom stereocenters. The highest BCUT2D eigenvalue weighted by Gasteiger charge is 2.15. The van der Waals surface area contributed by atoms with E-state index >= 15 is 0 Å². The van der Waals surface area contributed by atoms with Gasteiger partial charge in [-0.15, -0.1) is 0 Å². The summed E-state index contributed by atoms with van der Waals surface area (Å²) in [6.45, 7) is 3.76. The molecule has 0 aliphatic carbocycles. The van der Waals surface area contributed by atoms with E-state index in [1.54, 1.807) is 6.26 Å². The van der Waals surface area contributed by atoms with E-state index in [1.165, 1.54) is 11.1 Å². The van der Waals surface area contributed by atoms with Crippen molar-refractivity contribution < 1.29 is 9.21 Å². The van der Waals surface area contributed by atoms with E-state index in [4.69, 9.17) is 4.42 Å². The highest BCUT2D eigenvalue weighted by atomic mass is 16.3. The molecule has 2 heterocycles. The molecule has 0 bridgehead atoms. The molecule has 2 aromatic rings. The first kappa shape index (κ1) is 12.9. The number of furan rings is 1. The Hall–Kier alpha value is -2.07. The lowest BCUT2D eigenvalue weighted by atomic mass is 9.98. The molecule has 0 spiro atoms. The third-order valence-corrected chi connectivity index (χ3v) is 3.67. The van der Waals surface area contributed by atoms with E-state index in [0.29, 0.717) is 5.56 Å². The van der Waals surface area contributed by atoms with Crippen LogP contribution in [0.2, 0.25) is 0 Å². The van der Waals surface area contributed by atoms with Crippen molar-refractivity contribution >= 4 is 5.91 Å². The third-order valence-electron chi connectivity index (χ3n) is 3.67. The number of hydrogen-bond donors (Lipinski definition) is 2. The van der Waals surface area contributed by atoms with Crippen LogP contribution < -0.4 is 10.6 Å². The first-order valence-electron chi connectivity index (χ1n) is 6.91. The molecule has 0 saturated heterocycles. The fraction of sp³-hybridized carbons (Fsp3) is 0.312. The van der Waals surface area contributed by atoms with Gasteiger partial charge in [-0.2, -0.15) is 0 Å². The molecule has 3 rings (SSSR count). The fourth-order valence-electron chi connectivity index (χ4n) is 2.51. The number of carbonyl (C=O) groups excluding carboxylic acids is 1. The summed E-state index contributed by atoms with van der Waals surface area (Å²) in [6.07, 6.45) is 2.64. The van der Waals surface area contributed by atoms with E-state index < -0.39 is 0 Å². The Morgan fingerprint density at radius 3 is 3.05 bits per heavy atom. The molecule has 1 amide bonds. The minimum atomic E-state index is -0.133. The van der Waals surface area contributed by atoms with Crippen LogP contribution in [0.25, 0.3) is 0 Å². The zero-order chi connectivity index (χ0) is 13.9. The Balaban J connectivity index is 1.74. The van der Waals surface area contributed by atoms with Crippen LogP contribution in [0, 0.1) is 0 Å². The van der Waals surface area contributed by atoms with Crippen molar-refractivity contribution in [1.29, 1.82) is 0 Å². The molecule has 1 aliphatic heterocycles. The zero-order valence-corrected chi connectivity index (χ0v) is 11.5. The lowest BCUT2D eigenvalue weighted by molar-refractivity contribution is 0.0935. The second-order valence-corrected chi connectivity index (χ2v) is 5.12. The van der Waals surface area contributed by atoms with Crippen molar-refractivity contribution in [2.45, 2.75) is 25.9 Å². The summed E-state index contributed by atoms with van der Waals surface area (Å²) < 4.78 is 5.30. The molecule has 1 atom stereocenters. The van der Waals surface area contributed by atoms with E-state index in [2.05, 4.69) is 16.7 Å². The second kappa shape index (κ2) is 5.51. The van der Waals surface area contributed by atoms with Gasteiger partial charge in [-0.3, -0.25) is 4.79 Å². The maximum atomic E-state index is 12.3. The standard InChI is InChI=1S/C16H18N2O2/c1-11(15-3-2-8-20-15)18-16(19)13-5-4-12-6-7-17-10-14(12)9-13/h2-5,8-9,11,17H,6-7,10H2,1H3,(H,18,19). The summed E-state index contributed by atoms with van der Waals surface area (Å²) in [5.74, 6) is 0.695. The molecular weight excluding hydrogens is 252 g/mol. The van der Waals surface area contributed by atoms with Gasteiger partial charge in [-0.05, 0) is 55.3 Å². The van der Waals surface area contributed by atoms with Gasteiger partial charge < -0.3 is 15.1 Å². The zero-order valence-electron chi connectivity index (χ0n) is 11.5. The van der Waals surface area contributed by atoms with E-state index in [-0.39, 0.29) is 11.9 Å². The van der Waals surface area contributed by atoms with Crippen LogP contribution >= 0.6 is 0 Å². The van der Waals surface area contributed by atoms with Gasteiger partial charge in [-0.25, -0.2) is 0 Å². The van der Waals surface area contributed by atoms with Gasteiger partial charge in [0, 0.05) is 12.1 Å². The predicted molar refractivity (Wildman–Crippen MR) is 76.4 cm³/mol. The summed E-state index contributed by atoms with van der Waals surface area (Å²) in [5, 5.41) is 6.28. The monoisotopic (exact) mass is 270 g/mol. The number of hydrogen-bond acceptors (Lipinski definition) is 3. The molecule has 4 nitrogen and oxygen atoms in total. The van der Waals surface area contributed by atoms with Crippen LogP contribution in [-0.2, 0) is 13.0 Å². The Morgan fingerprint density at radius 2 is 2.25 bits per heavy atom. The lowest BCUT2D eigenvalue weighted by Crippen LogP contribution is -2.28. The van der Waals surface area contributed by atoms with Gasteiger partial charge in [0.2, 0.25) is 0 Å². The van der Waals surface area contributed by atoms with E-state index in [0.717, 1.165) is 25.3 Å². The van der Waals surface area contributed by atoms with Crippen molar-refractivity contribution in [3.8, 4) is 0 Å². The van der Waals surface area contributed by atoms with Crippen molar-refractivity contribution in [2.24, 2.45) is 0 Å². The highest BCUT2D eigenvalue weighted by molar-refractivity contribution is 5.94. The Kier molecular flexibility index (Phi) is 3.56. The first-order chi connectivity index (χ1) is 9.74. The molecule has 0 saturated carbocycles. The summed E-state index contributed by atoms with van der Waals surface area (Å²) in [4.78, 5) is 12.3. The summed E-state index contributed by atoms with van der Waals surface area (Å²) in [6, 6.07) is 9.49. The predicted octanol–water partition coefficient (Wildman–Crippen LogP) is 2.42. The number of carbonyl (C=O) groups is 1. The first-order valence-corrected chi connectivity index (χ1v) is 6.91. The van der Waals surface area contributed by atoms with Crippen LogP contribution in [-0.4, -0.2) is 12.5 Å². The smallest absolute Gasteiger partial charge is 0.251 e. The molecule has 0 radical (unpaired) electrons. The number of fused-ring (bicyclic) bond motifs is 1. The maximum absolute atomic E-state index is 12.3. The largest absolute Gasteiger partial charge is 0.467 e. The van der Waals surface area contributed by atoms with Crippen LogP contribution in [0.15, 0.2) is 41.0 Å². The molecule has 4 heteroatoms. The van der Waals surface area contributed by atoms with E-state index in [9.17, 15) is 4.79 Å². The SMILES string of the molecule is CC(NC(=O)c1ccc2c(c1)CNCC2)c1ccco1. The van der Waals surface area contributed by atoms with E-state index in [1.807, 2.05) is 31.2 Å². The third kappa shape index (κ3) is 2.60. The van der Waals surface area contributed by atoms with Crippen LogP contribution in [0.1, 0.15) is 40.2 Å². The van der Waals surface area contributed by atoms with Crippen molar-refractivity contribution in [3.63, 3.8) is 0 Å². The normalized spacial score (nSPS) is 15.4. The lowest BCUT2D eigenvalue weighted by Gasteiger charge is -2.18. The molecule has 1 aromatic carbocycles. The molecule has 2 N–H and O–H groups in total. The van der Waals surface area contributed by atoms with Crippen molar-refractivity contribution in [3.05, 3.63) is 59.0 Å². The molecule has 0 fully saturated rings.